The molecule has 0 aliphatic heterocycles. The molecular weight excluding hydrogens is 363 g/mol. The monoisotopic (exact) mass is 376 g/mol. The van der Waals surface area contributed by atoms with E-state index < -0.39 is 15.8 Å². The van der Waals surface area contributed by atoms with Crippen LogP contribution in [0.3, 0.4) is 0 Å². The summed E-state index contributed by atoms with van der Waals surface area (Å²) in [5.41, 5.74) is 5.20. The van der Waals surface area contributed by atoms with Gasteiger partial charge in [0.2, 0.25) is 10.0 Å². The number of hydrogen-bond acceptors (Lipinski definition) is 4. The smallest absolute Gasteiger partial charge is 0.242 e. The maximum atomic E-state index is 13.3. The molecule has 5 nitrogen and oxygen atoms in total. The van der Waals surface area contributed by atoms with Gasteiger partial charge in [-0.3, -0.25) is 0 Å². The summed E-state index contributed by atoms with van der Waals surface area (Å²) in [6, 6.07) is 5.21. The summed E-state index contributed by atoms with van der Waals surface area (Å²) in [5, 5.41) is 0. The molecule has 0 saturated heterocycles. The van der Waals surface area contributed by atoms with Crippen LogP contribution in [0.1, 0.15) is 12.7 Å². The first-order chi connectivity index (χ1) is 9.79. The fourth-order valence-electron chi connectivity index (χ4n) is 1.85. The molecule has 1 aromatic heterocycles. The van der Waals surface area contributed by atoms with Crippen LogP contribution >= 0.6 is 15.9 Å². The van der Waals surface area contributed by atoms with Crippen molar-refractivity contribution in [2.24, 2.45) is 0 Å². The van der Waals surface area contributed by atoms with Gasteiger partial charge >= 0.3 is 0 Å². The summed E-state index contributed by atoms with van der Waals surface area (Å²) >= 11 is 3.03. The Bertz CT molecular complexity index is 732. The maximum absolute atomic E-state index is 13.3. The van der Waals surface area contributed by atoms with Crippen molar-refractivity contribution in [2.75, 3.05) is 5.73 Å². The van der Waals surface area contributed by atoms with Gasteiger partial charge in [0, 0.05) is 16.9 Å². The summed E-state index contributed by atoms with van der Waals surface area (Å²) < 4.78 is 45.7. The molecule has 0 bridgehead atoms. The van der Waals surface area contributed by atoms with Gasteiger partial charge in [-0.05, 0) is 47.1 Å². The number of nitrogens with two attached hydrogens (primary N) is 1. The average Bonchev–Trinajstić information content (AvgIpc) is 2.85. The Hall–Kier alpha value is -1.38. The van der Waals surface area contributed by atoms with Crippen LogP contribution in [0.15, 0.2) is 44.3 Å². The molecular formula is C13H14BrFN2O3S. The van der Waals surface area contributed by atoms with Crippen LogP contribution in [0.4, 0.5) is 10.1 Å². The molecule has 0 aliphatic rings. The molecule has 2 rings (SSSR count). The van der Waals surface area contributed by atoms with E-state index in [0.29, 0.717) is 12.2 Å². The highest BCUT2D eigenvalue weighted by Crippen LogP contribution is 2.26. The van der Waals surface area contributed by atoms with Gasteiger partial charge in [-0.1, -0.05) is 0 Å². The van der Waals surface area contributed by atoms with E-state index in [-0.39, 0.29) is 21.1 Å². The summed E-state index contributed by atoms with van der Waals surface area (Å²) in [5.74, 6) is -0.00709. The summed E-state index contributed by atoms with van der Waals surface area (Å²) in [6.45, 7) is 1.71. The first-order valence-corrected chi connectivity index (χ1v) is 8.36. The Kier molecular flexibility index (Phi) is 4.70. The minimum absolute atomic E-state index is 0.104. The molecule has 1 aromatic carbocycles. The van der Waals surface area contributed by atoms with E-state index >= 15 is 0 Å². The van der Waals surface area contributed by atoms with Crippen LogP contribution in [0, 0.1) is 5.82 Å². The Balaban J connectivity index is 2.20. The molecule has 1 unspecified atom stereocenters. The van der Waals surface area contributed by atoms with Crippen LogP contribution in [-0.2, 0) is 16.4 Å². The van der Waals surface area contributed by atoms with Gasteiger partial charge in [-0.25, -0.2) is 17.5 Å². The van der Waals surface area contributed by atoms with Crippen molar-refractivity contribution in [3.8, 4) is 0 Å². The molecule has 1 heterocycles. The van der Waals surface area contributed by atoms with Crippen molar-refractivity contribution in [3.63, 3.8) is 0 Å². The fraction of sp³-hybridized carbons (Fsp3) is 0.231. The van der Waals surface area contributed by atoms with Gasteiger partial charge in [0.15, 0.2) is 0 Å². The third-order valence-corrected chi connectivity index (χ3v) is 5.33. The van der Waals surface area contributed by atoms with Crippen molar-refractivity contribution in [1.29, 1.82) is 0 Å². The Labute approximate surface area is 130 Å². The second-order valence-corrected chi connectivity index (χ2v) is 7.15. The molecule has 1 atom stereocenters. The predicted octanol–water partition coefficient (Wildman–Crippen LogP) is 2.67. The molecule has 0 amide bonds. The highest BCUT2D eigenvalue weighted by atomic mass is 79.9. The largest absolute Gasteiger partial charge is 0.469 e. The average molecular weight is 377 g/mol. The molecule has 114 valence electrons. The number of halogens is 2. The first-order valence-electron chi connectivity index (χ1n) is 6.09. The second kappa shape index (κ2) is 6.17. The van der Waals surface area contributed by atoms with Gasteiger partial charge in [0.25, 0.3) is 0 Å². The lowest BCUT2D eigenvalue weighted by atomic mass is 10.2. The summed E-state index contributed by atoms with van der Waals surface area (Å²) in [7, 11) is -3.82. The van der Waals surface area contributed by atoms with Crippen LogP contribution in [0.25, 0.3) is 0 Å². The van der Waals surface area contributed by atoms with Crippen molar-refractivity contribution in [3.05, 3.63) is 46.6 Å². The van der Waals surface area contributed by atoms with Crippen molar-refractivity contribution >= 4 is 31.6 Å². The minimum atomic E-state index is -3.82. The van der Waals surface area contributed by atoms with Crippen LogP contribution in [0.5, 0.6) is 0 Å². The SMILES string of the molecule is CC(Cc1ccco1)NS(=O)(=O)c1cc(N)c(F)cc1Br. The number of nitrogen functional groups attached to an aromatic ring is 1. The minimum Gasteiger partial charge on any atom is -0.469 e. The zero-order chi connectivity index (χ0) is 15.6. The number of hydrogen-bond donors (Lipinski definition) is 2. The summed E-state index contributed by atoms with van der Waals surface area (Å²) in [4.78, 5) is -0.104. The van der Waals surface area contributed by atoms with Crippen molar-refractivity contribution in [2.45, 2.75) is 24.3 Å². The number of sulfonamides is 1. The lowest BCUT2D eigenvalue weighted by Gasteiger charge is -2.14. The van der Waals surface area contributed by atoms with Gasteiger partial charge < -0.3 is 10.2 Å². The third-order valence-electron chi connectivity index (χ3n) is 2.78. The molecule has 2 aromatic rings. The number of benzene rings is 1. The number of rotatable bonds is 5. The molecule has 3 N–H and O–H groups in total. The zero-order valence-corrected chi connectivity index (χ0v) is 13.5. The quantitative estimate of drug-likeness (QED) is 0.785. The van der Waals surface area contributed by atoms with E-state index in [1.165, 1.54) is 6.26 Å². The predicted molar refractivity (Wildman–Crippen MR) is 80.7 cm³/mol. The fourth-order valence-corrected chi connectivity index (χ4v) is 4.14. The number of nitrogens with one attached hydrogen (secondary N) is 1. The zero-order valence-electron chi connectivity index (χ0n) is 11.1. The van der Waals surface area contributed by atoms with E-state index in [0.717, 1.165) is 12.1 Å². The highest BCUT2D eigenvalue weighted by molar-refractivity contribution is 9.10. The molecule has 0 spiro atoms. The lowest BCUT2D eigenvalue weighted by Crippen LogP contribution is -2.34. The summed E-state index contributed by atoms with van der Waals surface area (Å²) in [6.07, 6.45) is 1.92. The molecule has 0 aliphatic carbocycles. The topological polar surface area (TPSA) is 85.3 Å². The van der Waals surface area contributed by atoms with Crippen molar-refractivity contribution in [1.82, 2.24) is 4.72 Å². The maximum Gasteiger partial charge on any atom is 0.242 e. The van der Waals surface area contributed by atoms with Crippen LogP contribution in [0.2, 0.25) is 0 Å². The second-order valence-electron chi connectivity index (χ2n) is 4.61. The van der Waals surface area contributed by atoms with Crippen LogP contribution in [-0.4, -0.2) is 14.5 Å². The Morgan fingerprint density at radius 2 is 2.19 bits per heavy atom. The Morgan fingerprint density at radius 3 is 2.81 bits per heavy atom. The van der Waals surface area contributed by atoms with E-state index in [9.17, 15) is 12.8 Å². The first kappa shape index (κ1) is 16.0. The molecule has 8 heteroatoms. The molecule has 21 heavy (non-hydrogen) atoms. The van der Waals surface area contributed by atoms with Crippen LogP contribution < -0.4 is 10.5 Å². The number of furan rings is 1. The van der Waals surface area contributed by atoms with Gasteiger partial charge in [0.1, 0.15) is 11.6 Å². The van der Waals surface area contributed by atoms with Gasteiger partial charge in [0.05, 0.1) is 16.8 Å². The van der Waals surface area contributed by atoms with Crippen molar-refractivity contribution < 1.29 is 17.2 Å². The van der Waals surface area contributed by atoms with Gasteiger partial charge in [-0.2, -0.15) is 0 Å². The van der Waals surface area contributed by atoms with Gasteiger partial charge in [-0.15, -0.1) is 0 Å². The standard InChI is InChI=1S/C13H14BrFN2O3S/c1-8(5-9-3-2-4-20-9)17-21(18,19)13-7-12(16)11(15)6-10(13)14/h2-4,6-8,17H,5,16H2,1H3. The third kappa shape index (κ3) is 3.84. The Morgan fingerprint density at radius 1 is 1.48 bits per heavy atom. The lowest BCUT2D eigenvalue weighted by molar-refractivity contribution is 0.479. The normalized spacial score (nSPS) is 13.3. The molecule has 0 radical (unpaired) electrons. The highest BCUT2D eigenvalue weighted by Gasteiger charge is 2.22. The molecule has 0 fully saturated rings. The van der Waals surface area contributed by atoms with E-state index in [4.69, 9.17) is 10.2 Å². The van der Waals surface area contributed by atoms with E-state index in [1.54, 1.807) is 19.1 Å². The molecule has 0 saturated carbocycles. The number of anilines is 1. The van der Waals surface area contributed by atoms with E-state index in [2.05, 4.69) is 20.7 Å². The van der Waals surface area contributed by atoms with E-state index in [1.807, 2.05) is 0 Å².